The van der Waals surface area contributed by atoms with E-state index in [9.17, 15) is 4.79 Å². The first-order valence-electron chi connectivity index (χ1n) is 6.59. The minimum Gasteiger partial charge on any atom is -0.478 e. The zero-order chi connectivity index (χ0) is 14.8. The van der Waals surface area contributed by atoms with E-state index >= 15 is 0 Å². The summed E-state index contributed by atoms with van der Waals surface area (Å²) in [5, 5.41) is 8.83. The average molecular weight is 278 g/mol. The van der Waals surface area contributed by atoms with Crippen LogP contribution in [0.5, 0.6) is 0 Å². The number of para-hydroxylation sites is 2. The monoisotopic (exact) mass is 278 g/mol. The molecule has 1 aromatic heterocycles. The fraction of sp³-hybridized carbons (Fsp3) is 0.0588. The predicted molar refractivity (Wildman–Crippen MR) is 82.5 cm³/mol. The molecule has 0 unspecified atom stereocenters. The van der Waals surface area contributed by atoms with E-state index in [0.717, 1.165) is 33.9 Å². The number of nitrogens with zero attached hydrogens (tertiary/aromatic N) is 2. The lowest BCUT2D eigenvalue weighted by Gasteiger charge is -2.09. The van der Waals surface area contributed by atoms with Gasteiger partial charge in [-0.25, -0.2) is 9.78 Å². The number of aliphatic carboxylic acids is 1. The topological polar surface area (TPSA) is 55.1 Å². The predicted octanol–water partition coefficient (Wildman–Crippen LogP) is 3.43. The van der Waals surface area contributed by atoms with Crippen LogP contribution in [0, 0.1) is 6.92 Å². The van der Waals surface area contributed by atoms with Gasteiger partial charge in [0.05, 0.1) is 16.7 Å². The van der Waals surface area contributed by atoms with Crippen molar-refractivity contribution in [1.29, 1.82) is 0 Å². The van der Waals surface area contributed by atoms with Gasteiger partial charge in [0, 0.05) is 6.08 Å². The highest BCUT2D eigenvalue weighted by Gasteiger charge is 2.07. The third-order valence-corrected chi connectivity index (χ3v) is 3.30. The van der Waals surface area contributed by atoms with Crippen molar-refractivity contribution in [3.05, 3.63) is 66.0 Å². The fourth-order valence-corrected chi connectivity index (χ4v) is 2.34. The summed E-state index contributed by atoms with van der Waals surface area (Å²) in [6.45, 7) is 1.98. The second-order valence-electron chi connectivity index (χ2n) is 4.84. The molecule has 4 heteroatoms. The zero-order valence-electron chi connectivity index (χ0n) is 11.5. The van der Waals surface area contributed by atoms with Crippen molar-refractivity contribution in [2.75, 3.05) is 0 Å². The highest BCUT2D eigenvalue weighted by Crippen LogP contribution is 2.23. The molecule has 2 aromatic carbocycles. The number of rotatable bonds is 3. The van der Waals surface area contributed by atoms with Gasteiger partial charge in [-0.3, -0.25) is 4.57 Å². The maximum Gasteiger partial charge on any atom is 0.328 e. The molecule has 0 saturated heterocycles. The molecule has 0 atom stereocenters. The number of carboxylic acid groups (broad SMARTS) is 1. The number of aromatic nitrogens is 2. The molecule has 0 amide bonds. The summed E-state index contributed by atoms with van der Waals surface area (Å²) in [4.78, 5) is 15.1. The average Bonchev–Trinajstić information content (AvgIpc) is 2.89. The van der Waals surface area contributed by atoms with Crippen LogP contribution >= 0.6 is 0 Å². The molecule has 0 aliphatic heterocycles. The van der Waals surface area contributed by atoms with Crippen LogP contribution in [-0.4, -0.2) is 20.6 Å². The van der Waals surface area contributed by atoms with Gasteiger partial charge in [0.2, 0.25) is 0 Å². The van der Waals surface area contributed by atoms with Gasteiger partial charge in [-0.2, -0.15) is 0 Å². The Bertz CT molecular complexity index is 847. The number of carboxylic acids is 1. The van der Waals surface area contributed by atoms with Crippen molar-refractivity contribution in [1.82, 2.24) is 9.55 Å². The maximum atomic E-state index is 10.8. The van der Waals surface area contributed by atoms with Gasteiger partial charge in [0.15, 0.2) is 0 Å². The summed E-state index contributed by atoms with van der Waals surface area (Å²) >= 11 is 0. The number of hydrogen-bond acceptors (Lipinski definition) is 2. The van der Waals surface area contributed by atoms with E-state index in [1.54, 1.807) is 12.4 Å². The van der Waals surface area contributed by atoms with Gasteiger partial charge in [0.1, 0.15) is 6.33 Å². The Hall–Kier alpha value is -2.88. The van der Waals surface area contributed by atoms with E-state index in [2.05, 4.69) is 4.98 Å². The third kappa shape index (κ3) is 2.56. The number of fused-ring (bicyclic) bond motifs is 1. The minimum atomic E-state index is -0.960. The molecule has 1 heterocycles. The van der Waals surface area contributed by atoms with Crippen molar-refractivity contribution < 1.29 is 9.90 Å². The van der Waals surface area contributed by atoms with Crippen molar-refractivity contribution in [2.24, 2.45) is 0 Å². The van der Waals surface area contributed by atoms with Gasteiger partial charge < -0.3 is 5.11 Å². The summed E-state index contributed by atoms with van der Waals surface area (Å²) in [6, 6.07) is 13.8. The summed E-state index contributed by atoms with van der Waals surface area (Å²) in [6.07, 6.45) is 4.52. The number of hydrogen-bond donors (Lipinski definition) is 1. The largest absolute Gasteiger partial charge is 0.478 e. The van der Waals surface area contributed by atoms with Crippen molar-refractivity contribution >= 4 is 23.1 Å². The van der Waals surface area contributed by atoms with Gasteiger partial charge in [0.25, 0.3) is 0 Å². The molecule has 3 aromatic rings. The Labute approximate surface area is 122 Å². The molecule has 4 nitrogen and oxygen atoms in total. The van der Waals surface area contributed by atoms with E-state index in [4.69, 9.17) is 5.11 Å². The lowest BCUT2D eigenvalue weighted by atomic mass is 10.1. The summed E-state index contributed by atoms with van der Waals surface area (Å²) in [5.41, 5.74) is 4.73. The minimum absolute atomic E-state index is 0.848. The molecule has 0 spiro atoms. The first-order chi connectivity index (χ1) is 10.1. The Morgan fingerprint density at radius 1 is 1.24 bits per heavy atom. The SMILES string of the molecule is Cc1ccc(-n2cnc3ccccc32)c(/C=C/C(=O)O)c1. The smallest absolute Gasteiger partial charge is 0.328 e. The molecule has 0 saturated carbocycles. The van der Waals surface area contributed by atoms with E-state index < -0.39 is 5.97 Å². The third-order valence-electron chi connectivity index (χ3n) is 3.30. The van der Waals surface area contributed by atoms with Crippen LogP contribution < -0.4 is 0 Å². The molecule has 0 radical (unpaired) electrons. The van der Waals surface area contributed by atoms with Crippen LogP contribution in [0.25, 0.3) is 22.8 Å². The normalized spacial score (nSPS) is 11.3. The number of carbonyl (C=O) groups is 1. The van der Waals surface area contributed by atoms with Gasteiger partial charge in [-0.05, 0) is 42.8 Å². The lowest BCUT2D eigenvalue weighted by Crippen LogP contribution is -1.96. The standard InChI is InChI=1S/C17H14N2O2/c1-12-6-8-15(13(10-12)7-9-17(20)21)19-11-18-14-4-2-3-5-16(14)19/h2-11H,1H3,(H,20,21)/b9-7+. The molecule has 0 aliphatic carbocycles. The van der Waals surface area contributed by atoms with Crippen LogP contribution in [0.3, 0.4) is 0 Å². The van der Waals surface area contributed by atoms with E-state index in [-0.39, 0.29) is 0 Å². The molecule has 1 N–H and O–H groups in total. The van der Waals surface area contributed by atoms with E-state index in [1.807, 2.05) is 54.0 Å². The molecule has 0 bridgehead atoms. The van der Waals surface area contributed by atoms with Crippen LogP contribution in [-0.2, 0) is 4.79 Å². The van der Waals surface area contributed by atoms with Gasteiger partial charge in [-0.15, -0.1) is 0 Å². The van der Waals surface area contributed by atoms with Crippen LogP contribution in [0.1, 0.15) is 11.1 Å². The molecular weight excluding hydrogens is 264 g/mol. The van der Waals surface area contributed by atoms with Crippen LogP contribution in [0.4, 0.5) is 0 Å². The van der Waals surface area contributed by atoms with Gasteiger partial charge in [-0.1, -0.05) is 23.8 Å². The number of imidazole rings is 1. The molecule has 104 valence electrons. The molecular formula is C17H14N2O2. The number of aryl methyl sites for hydroxylation is 1. The number of benzene rings is 2. The van der Waals surface area contributed by atoms with E-state index in [1.165, 1.54) is 0 Å². The molecule has 21 heavy (non-hydrogen) atoms. The molecule has 0 fully saturated rings. The second-order valence-corrected chi connectivity index (χ2v) is 4.84. The first-order valence-corrected chi connectivity index (χ1v) is 6.59. The Kier molecular flexibility index (Phi) is 3.28. The summed E-state index contributed by atoms with van der Waals surface area (Å²) in [5.74, 6) is -0.960. The Morgan fingerprint density at radius 2 is 2.05 bits per heavy atom. The Morgan fingerprint density at radius 3 is 2.86 bits per heavy atom. The first kappa shape index (κ1) is 13.1. The quantitative estimate of drug-likeness (QED) is 0.747. The van der Waals surface area contributed by atoms with Crippen LogP contribution in [0.15, 0.2) is 54.9 Å². The second kappa shape index (κ2) is 5.25. The maximum absolute atomic E-state index is 10.8. The van der Waals surface area contributed by atoms with Crippen molar-refractivity contribution in [3.8, 4) is 5.69 Å². The summed E-state index contributed by atoms with van der Waals surface area (Å²) in [7, 11) is 0. The fourth-order valence-electron chi connectivity index (χ4n) is 2.34. The molecule has 0 aliphatic rings. The highest BCUT2D eigenvalue weighted by atomic mass is 16.4. The van der Waals surface area contributed by atoms with Crippen molar-refractivity contribution in [3.63, 3.8) is 0 Å². The Balaban J connectivity index is 2.20. The highest BCUT2D eigenvalue weighted by molar-refractivity contribution is 5.87. The van der Waals surface area contributed by atoms with E-state index in [0.29, 0.717) is 0 Å². The van der Waals surface area contributed by atoms with Gasteiger partial charge >= 0.3 is 5.97 Å². The van der Waals surface area contributed by atoms with Crippen molar-refractivity contribution in [2.45, 2.75) is 6.92 Å². The molecule has 3 rings (SSSR count). The summed E-state index contributed by atoms with van der Waals surface area (Å²) < 4.78 is 1.97. The van der Waals surface area contributed by atoms with Crippen LogP contribution in [0.2, 0.25) is 0 Å². The lowest BCUT2D eigenvalue weighted by molar-refractivity contribution is -0.131. The zero-order valence-corrected chi connectivity index (χ0v) is 11.5.